The number of nitrogens with zero attached hydrogens (tertiary/aromatic N) is 2. The first-order valence-corrected chi connectivity index (χ1v) is 19.0. The van der Waals surface area contributed by atoms with Crippen molar-refractivity contribution < 1.29 is 48.4 Å². The fraction of sp³-hybridized carbons (Fsp3) is 0.711. The standard InChI is InChI=1S/C38H55N3O10/c1-3-5-7-16-37(17-8-6-4-2)49-30-29-24-38(36(46)40-19-9-10-28(40)34(44)39-18-20-42)32(35(45)48-29)41(51-33(38)31(30)50-37)25-27-13-11-26(12-14-27)15-22-47-23-21-43/h11-15,22,28-33,42-43H,3-10,16-21,23-25H2,1-2H3,(H,39,44)/t28-,29-,30+,31+,32-,33-,38-/m1/s1. The second kappa shape index (κ2) is 16.7. The molecular formula is C38H55N3O10. The Morgan fingerprint density at radius 2 is 1.75 bits per heavy atom. The molecule has 282 valence electrons. The van der Waals surface area contributed by atoms with Crippen molar-refractivity contribution in [2.24, 2.45) is 5.41 Å². The second-order valence-corrected chi connectivity index (χ2v) is 14.5. The molecule has 13 heteroatoms. The molecule has 5 fully saturated rings. The molecule has 0 spiro atoms. The fourth-order valence-corrected chi connectivity index (χ4v) is 8.69. The molecule has 1 aromatic carbocycles. The van der Waals surface area contributed by atoms with E-state index in [1.807, 2.05) is 24.3 Å². The second-order valence-electron chi connectivity index (χ2n) is 14.5. The monoisotopic (exact) mass is 713 g/mol. The number of likely N-dealkylation sites (tertiary alicyclic amines) is 1. The van der Waals surface area contributed by atoms with Crippen molar-refractivity contribution in [1.82, 2.24) is 15.3 Å². The summed E-state index contributed by atoms with van der Waals surface area (Å²) in [5.41, 5.74) is 0.385. The van der Waals surface area contributed by atoms with Gasteiger partial charge in [0.1, 0.15) is 42.5 Å². The number of aliphatic hydroxyl groups is 2. The van der Waals surface area contributed by atoms with Gasteiger partial charge in [-0.3, -0.25) is 19.2 Å². The zero-order valence-corrected chi connectivity index (χ0v) is 30.0. The molecule has 3 N–H and O–H groups in total. The predicted octanol–water partition coefficient (Wildman–Crippen LogP) is 3.21. The van der Waals surface area contributed by atoms with Crippen LogP contribution in [-0.2, 0) is 44.7 Å². The zero-order chi connectivity index (χ0) is 36.0. The van der Waals surface area contributed by atoms with Crippen LogP contribution in [0.3, 0.4) is 0 Å². The van der Waals surface area contributed by atoms with Gasteiger partial charge in [0.05, 0.1) is 26.0 Å². The van der Waals surface area contributed by atoms with Crippen LogP contribution >= 0.6 is 0 Å². The number of amides is 2. The van der Waals surface area contributed by atoms with E-state index in [9.17, 15) is 14.7 Å². The van der Waals surface area contributed by atoms with Crippen molar-refractivity contribution in [3.63, 3.8) is 0 Å². The van der Waals surface area contributed by atoms with E-state index in [1.165, 1.54) is 6.26 Å². The number of hydrogen-bond acceptors (Lipinski definition) is 11. The molecule has 1 aliphatic carbocycles. The molecule has 4 aliphatic heterocycles. The average molecular weight is 714 g/mol. The lowest BCUT2D eigenvalue weighted by molar-refractivity contribution is -0.225. The summed E-state index contributed by atoms with van der Waals surface area (Å²) in [6.07, 6.45) is 9.28. The SMILES string of the molecule is CCCCCC1(CCCCC)O[C@@H]2[C@H](O1)[C@H]1ON(Cc3ccc(C=COCCO)cc3)[C@@H]3C(=O)O[C@@H]2C[C@]13C(=O)N1CCC[C@@H]1C(=O)NCCO. The Hall–Kier alpha value is -3.07. The van der Waals surface area contributed by atoms with Gasteiger partial charge in [0.15, 0.2) is 11.8 Å². The van der Waals surface area contributed by atoms with Gasteiger partial charge in [0.2, 0.25) is 11.8 Å². The Balaban J connectivity index is 1.33. The summed E-state index contributed by atoms with van der Waals surface area (Å²) >= 11 is 0. The minimum Gasteiger partial charge on any atom is -0.499 e. The number of unbranched alkanes of at least 4 members (excludes halogenated alkanes) is 4. The number of esters is 1. The number of fused-ring (bicyclic) bond motifs is 4. The van der Waals surface area contributed by atoms with E-state index in [0.717, 1.165) is 49.7 Å². The molecule has 13 nitrogen and oxygen atoms in total. The molecule has 2 bridgehead atoms. The normalized spacial score (nSPS) is 30.8. The smallest absolute Gasteiger partial charge is 0.327 e. The maximum Gasteiger partial charge on any atom is 0.327 e. The van der Waals surface area contributed by atoms with Crippen molar-refractivity contribution >= 4 is 23.9 Å². The topological polar surface area (TPSA) is 156 Å². The van der Waals surface area contributed by atoms with Crippen LogP contribution in [0.4, 0.5) is 0 Å². The van der Waals surface area contributed by atoms with E-state index in [0.29, 0.717) is 32.2 Å². The highest BCUT2D eigenvalue weighted by molar-refractivity contribution is 5.96. The third-order valence-electron chi connectivity index (χ3n) is 11.1. The number of carbonyl (C=O) groups is 3. The Kier molecular flexibility index (Phi) is 12.4. The van der Waals surface area contributed by atoms with E-state index < -0.39 is 53.7 Å². The number of carbonyl (C=O) groups excluding carboxylic acids is 3. The molecule has 4 heterocycles. The van der Waals surface area contributed by atoms with Crippen molar-refractivity contribution in [1.29, 1.82) is 0 Å². The highest BCUT2D eigenvalue weighted by atomic mass is 16.8. The fourth-order valence-electron chi connectivity index (χ4n) is 8.69. The first-order chi connectivity index (χ1) is 24.8. The number of aliphatic hydroxyl groups excluding tert-OH is 2. The van der Waals surface area contributed by atoms with Crippen molar-refractivity contribution in [2.45, 2.75) is 133 Å². The predicted molar refractivity (Wildman–Crippen MR) is 185 cm³/mol. The van der Waals surface area contributed by atoms with Gasteiger partial charge in [-0.1, -0.05) is 63.8 Å². The molecule has 0 unspecified atom stereocenters. The van der Waals surface area contributed by atoms with Crippen LogP contribution in [0.15, 0.2) is 30.5 Å². The van der Waals surface area contributed by atoms with Gasteiger partial charge in [-0.05, 0) is 42.9 Å². The molecule has 2 amide bonds. The number of benzene rings is 1. The number of hydroxylamine groups is 2. The Labute approximate surface area is 300 Å². The lowest BCUT2D eigenvalue weighted by Crippen LogP contribution is -2.70. The van der Waals surface area contributed by atoms with Crippen LogP contribution < -0.4 is 5.32 Å². The van der Waals surface area contributed by atoms with Crippen LogP contribution in [0.5, 0.6) is 0 Å². The van der Waals surface area contributed by atoms with Gasteiger partial charge in [-0.2, -0.15) is 5.06 Å². The van der Waals surface area contributed by atoms with Gasteiger partial charge in [0, 0.05) is 32.4 Å². The van der Waals surface area contributed by atoms with E-state index in [4.69, 9.17) is 28.9 Å². The number of ether oxygens (including phenoxy) is 4. The summed E-state index contributed by atoms with van der Waals surface area (Å²) in [5, 5.41) is 22.6. The van der Waals surface area contributed by atoms with Crippen molar-refractivity contribution in [3.05, 3.63) is 41.7 Å². The van der Waals surface area contributed by atoms with E-state index >= 15 is 4.79 Å². The molecule has 0 radical (unpaired) electrons. The first kappa shape index (κ1) is 37.7. The number of nitrogens with one attached hydrogen (secondary N) is 1. The molecule has 0 aromatic heterocycles. The molecule has 6 rings (SSSR count). The van der Waals surface area contributed by atoms with Crippen LogP contribution in [-0.4, -0.2) is 113 Å². The summed E-state index contributed by atoms with van der Waals surface area (Å²) in [5.74, 6) is -2.03. The Bertz CT molecular complexity index is 1380. The van der Waals surface area contributed by atoms with Crippen LogP contribution in [0, 0.1) is 5.41 Å². The van der Waals surface area contributed by atoms with Crippen molar-refractivity contribution in [3.8, 4) is 0 Å². The Morgan fingerprint density at radius 3 is 2.43 bits per heavy atom. The zero-order valence-electron chi connectivity index (χ0n) is 30.0. The third kappa shape index (κ3) is 7.56. The summed E-state index contributed by atoms with van der Waals surface area (Å²) in [7, 11) is 0. The lowest BCUT2D eigenvalue weighted by Gasteiger charge is -2.50. The molecule has 1 aromatic rings. The molecule has 1 saturated carbocycles. The van der Waals surface area contributed by atoms with Gasteiger partial charge in [-0.15, -0.1) is 0 Å². The van der Waals surface area contributed by atoms with Gasteiger partial charge < -0.3 is 39.4 Å². The molecular weight excluding hydrogens is 658 g/mol. The summed E-state index contributed by atoms with van der Waals surface area (Å²) in [6.45, 7) is 4.93. The number of hydrogen-bond donors (Lipinski definition) is 3. The van der Waals surface area contributed by atoms with Gasteiger partial charge in [0.25, 0.3) is 0 Å². The first-order valence-electron chi connectivity index (χ1n) is 19.0. The summed E-state index contributed by atoms with van der Waals surface area (Å²) in [6, 6.07) is 5.91. The summed E-state index contributed by atoms with van der Waals surface area (Å²) in [4.78, 5) is 51.0. The van der Waals surface area contributed by atoms with E-state index in [2.05, 4.69) is 19.2 Å². The van der Waals surface area contributed by atoms with Crippen molar-refractivity contribution in [2.75, 3.05) is 32.9 Å². The highest BCUT2D eigenvalue weighted by Crippen LogP contribution is 2.59. The molecule has 51 heavy (non-hydrogen) atoms. The maximum atomic E-state index is 15.1. The largest absolute Gasteiger partial charge is 0.499 e. The molecule has 4 saturated heterocycles. The highest BCUT2D eigenvalue weighted by Gasteiger charge is 2.77. The van der Waals surface area contributed by atoms with Crippen LogP contribution in [0.25, 0.3) is 6.08 Å². The third-order valence-corrected chi connectivity index (χ3v) is 11.1. The van der Waals surface area contributed by atoms with E-state index in [1.54, 1.807) is 16.0 Å². The van der Waals surface area contributed by atoms with Crippen LogP contribution in [0.2, 0.25) is 0 Å². The summed E-state index contributed by atoms with van der Waals surface area (Å²) < 4.78 is 25.3. The molecule has 5 aliphatic rings. The average Bonchev–Trinajstić information content (AvgIpc) is 3.86. The maximum absolute atomic E-state index is 15.1. The Morgan fingerprint density at radius 1 is 1.02 bits per heavy atom. The molecule has 7 atom stereocenters. The van der Waals surface area contributed by atoms with Gasteiger partial charge in [-0.25, -0.2) is 0 Å². The van der Waals surface area contributed by atoms with E-state index in [-0.39, 0.29) is 51.1 Å². The lowest BCUT2D eigenvalue weighted by atomic mass is 9.62. The minimum atomic E-state index is -1.36. The quantitative estimate of drug-likeness (QED) is 0.117. The minimum absolute atomic E-state index is 0.0682. The number of rotatable bonds is 18. The van der Waals surface area contributed by atoms with Gasteiger partial charge >= 0.3 is 5.97 Å². The van der Waals surface area contributed by atoms with Crippen LogP contribution in [0.1, 0.15) is 95.6 Å².